The molecule has 0 atom stereocenters. The Bertz CT molecular complexity index is 582. The SMILES string of the molecule is COC(=O)CC1CCN(Cc2nc3ccccc3[nH]2)CC1. The Morgan fingerprint density at radius 2 is 2.14 bits per heavy atom. The van der Waals surface area contributed by atoms with Gasteiger partial charge in [0, 0.05) is 6.42 Å². The van der Waals surface area contributed by atoms with Gasteiger partial charge < -0.3 is 9.72 Å². The molecular formula is C16H21N3O2. The summed E-state index contributed by atoms with van der Waals surface area (Å²) in [7, 11) is 1.46. The van der Waals surface area contributed by atoms with Gasteiger partial charge in [-0.1, -0.05) is 12.1 Å². The van der Waals surface area contributed by atoms with Crippen LogP contribution < -0.4 is 0 Å². The van der Waals surface area contributed by atoms with E-state index in [0.29, 0.717) is 12.3 Å². The molecule has 0 unspecified atom stereocenters. The zero-order chi connectivity index (χ0) is 14.7. The predicted molar refractivity (Wildman–Crippen MR) is 80.7 cm³/mol. The highest BCUT2D eigenvalue weighted by Gasteiger charge is 2.22. The summed E-state index contributed by atoms with van der Waals surface area (Å²) in [4.78, 5) is 21.7. The van der Waals surface area contributed by atoms with Gasteiger partial charge in [0.1, 0.15) is 5.82 Å². The van der Waals surface area contributed by atoms with Crippen LogP contribution in [0.3, 0.4) is 0 Å². The molecule has 1 aliphatic rings. The molecular weight excluding hydrogens is 266 g/mol. The first kappa shape index (κ1) is 14.1. The fourth-order valence-electron chi connectivity index (χ4n) is 2.96. The number of nitrogens with zero attached hydrogens (tertiary/aromatic N) is 2. The van der Waals surface area contributed by atoms with Crippen LogP contribution in [0.25, 0.3) is 11.0 Å². The highest BCUT2D eigenvalue weighted by atomic mass is 16.5. The summed E-state index contributed by atoms with van der Waals surface area (Å²) in [5.41, 5.74) is 2.11. The van der Waals surface area contributed by atoms with Crippen LogP contribution in [0.1, 0.15) is 25.1 Å². The molecule has 0 saturated carbocycles. The predicted octanol–water partition coefficient (Wildman–Crippen LogP) is 2.34. The number of imidazole rings is 1. The number of nitrogens with one attached hydrogen (secondary N) is 1. The number of H-pyrrole nitrogens is 1. The van der Waals surface area contributed by atoms with Crippen molar-refractivity contribution in [3.8, 4) is 0 Å². The molecule has 0 radical (unpaired) electrons. The first-order valence-electron chi connectivity index (χ1n) is 7.47. The minimum absolute atomic E-state index is 0.0919. The molecule has 0 spiro atoms. The van der Waals surface area contributed by atoms with Gasteiger partial charge in [-0.2, -0.15) is 0 Å². The molecule has 1 aromatic carbocycles. The van der Waals surface area contributed by atoms with Crippen LogP contribution in [-0.2, 0) is 16.1 Å². The van der Waals surface area contributed by atoms with Crippen LogP contribution in [0.5, 0.6) is 0 Å². The Labute approximate surface area is 124 Å². The number of hydrogen-bond donors (Lipinski definition) is 1. The van der Waals surface area contributed by atoms with E-state index >= 15 is 0 Å². The molecule has 0 bridgehead atoms. The number of esters is 1. The summed E-state index contributed by atoms with van der Waals surface area (Å²) in [6, 6.07) is 8.10. The second-order valence-corrected chi connectivity index (χ2v) is 5.70. The third-order valence-electron chi connectivity index (χ3n) is 4.20. The lowest BCUT2D eigenvalue weighted by atomic mass is 9.93. The van der Waals surface area contributed by atoms with Gasteiger partial charge in [0.2, 0.25) is 0 Å². The third kappa shape index (κ3) is 3.42. The third-order valence-corrected chi connectivity index (χ3v) is 4.20. The van der Waals surface area contributed by atoms with E-state index in [0.717, 1.165) is 49.3 Å². The molecule has 2 heterocycles. The topological polar surface area (TPSA) is 58.2 Å². The van der Waals surface area contributed by atoms with E-state index in [4.69, 9.17) is 4.74 Å². The number of ether oxygens (including phenoxy) is 1. The lowest BCUT2D eigenvalue weighted by Gasteiger charge is -2.30. The van der Waals surface area contributed by atoms with E-state index in [2.05, 4.69) is 20.9 Å². The van der Waals surface area contributed by atoms with E-state index in [9.17, 15) is 4.79 Å². The van der Waals surface area contributed by atoms with Gasteiger partial charge in [0.05, 0.1) is 24.7 Å². The highest BCUT2D eigenvalue weighted by molar-refractivity contribution is 5.74. The molecule has 112 valence electrons. The normalized spacial score (nSPS) is 17.2. The van der Waals surface area contributed by atoms with Crippen molar-refractivity contribution >= 4 is 17.0 Å². The van der Waals surface area contributed by atoms with E-state index in [1.165, 1.54) is 7.11 Å². The van der Waals surface area contributed by atoms with Crippen molar-refractivity contribution in [2.75, 3.05) is 20.2 Å². The number of rotatable bonds is 4. The maximum absolute atomic E-state index is 11.3. The molecule has 2 aromatic rings. The Morgan fingerprint density at radius 1 is 1.38 bits per heavy atom. The zero-order valence-electron chi connectivity index (χ0n) is 12.3. The summed E-state index contributed by atoms with van der Waals surface area (Å²) in [6.07, 6.45) is 2.65. The van der Waals surface area contributed by atoms with Crippen molar-refractivity contribution in [3.63, 3.8) is 0 Å². The summed E-state index contributed by atoms with van der Waals surface area (Å²) in [6.45, 7) is 2.87. The minimum Gasteiger partial charge on any atom is -0.469 e. The van der Waals surface area contributed by atoms with Gasteiger partial charge in [-0.05, 0) is 44.0 Å². The largest absolute Gasteiger partial charge is 0.469 e. The first-order chi connectivity index (χ1) is 10.2. The zero-order valence-corrected chi connectivity index (χ0v) is 12.3. The van der Waals surface area contributed by atoms with Gasteiger partial charge >= 0.3 is 5.97 Å². The Hall–Kier alpha value is -1.88. The van der Waals surface area contributed by atoms with Crippen LogP contribution in [0.4, 0.5) is 0 Å². The van der Waals surface area contributed by atoms with E-state index in [1.54, 1.807) is 0 Å². The van der Waals surface area contributed by atoms with Crippen molar-refractivity contribution < 1.29 is 9.53 Å². The Kier molecular flexibility index (Phi) is 4.20. The summed E-state index contributed by atoms with van der Waals surface area (Å²) >= 11 is 0. The van der Waals surface area contributed by atoms with Gasteiger partial charge in [0.25, 0.3) is 0 Å². The first-order valence-corrected chi connectivity index (χ1v) is 7.47. The number of piperidine rings is 1. The number of carbonyl (C=O) groups is 1. The smallest absolute Gasteiger partial charge is 0.305 e. The molecule has 1 aromatic heterocycles. The number of benzene rings is 1. The summed E-state index contributed by atoms with van der Waals surface area (Å²) in [5.74, 6) is 1.39. The quantitative estimate of drug-likeness (QED) is 0.877. The van der Waals surface area contributed by atoms with Gasteiger partial charge in [-0.15, -0.1) is 0 Å². The minimum atomic E-state index is -0.0919. The summed E-state index contributed by atoms with van der Waals surface area (Å²) < 4.78 is 4.74. The van der Waals surface area contributed by atoms with Crippen LogP contribution in [-0.4, -0.2) is 41.0 Å². The average molecular weight is 287 g/mol. The van der Waals surface area contributed by atoms with Gasteiger partial charge in [-0.3, -0.25) is 9.69 Å². The second kappa shape index (κ2) is 6.26. The van der Waals surface area contributed by atoms with Crippen LogP contribution in [0, 0.1) is 5.92 Å². The van der Waals surface area contributed by atoms with E-state index in [1.807, 2.05) is 18.2 Å². The molecule has 1 aliphatic heterocycles. The van der Waals surface area contributed by atoms with Gasteiger partial charge in [0.15, 0.2) is 0 Å². The van der Waals surface area contributed by atoms with Crippen LogP contribution in [0.2, 0.25) is 0 Å². The molecule has 5 nitrogen and oxygen atoms in total. The van der Waals surface area contributed by atoms with Crippen molar-refractivity contribution in [1.82, 2.24) is 14.9 Å². The number of hydrogen-bond acceptors (Lipinski definition) is 4. The fraction of sp³-hybridized carbons (Fsp3) is 0.500. The fourth-order valence-corrected chi connectivity index (χ4v) is 2.96. The van der Waals surface area contributed by atoms with E-state index in [-0.39, 0.29) is 5.97 Å². The molecule has 21 heavy (non-hydrogen) atoms. The van der Waals surface area contributed by atoms with Crippen molar-refractivity contribution in [2.24, 2.45) is 5.92 Å². The number of fused-ring (bicyclic) bond motifs is 1. The van der Waals surface area contributed by atoms with E-state index < -0.39 is 0 Å². The summed E-state index contributed by atoms with van der Waals surface area (Å²) in [5, 5.41) is 0. The lowest BCUT2D eigenvalue weighted by molar-refractivity contribution is -0.142. The average Bonchev–Trinajstić information content (AvgIpc) is 2.91. The van der Waals surface area contributed by atoms with Crippen molar-refractivity contribution in [3.05, 3.63) is 30.1 Å². The Balaban J connectivity index is 1.54. The van der Waals surface area contributed by atoms with Crippen LogP contribution in [0.15, 0.2) is 24.3 Å². The number of likely N-dealkylation sites (tertiary alicyclic amines) is 1. The maximum atomic E-state index is 11.3. The molecule has 3 rings (SSSR count). The van der Waals surface area contributed by atoms with Crippen molar-refractivity contribution in [2.45, 2.75) is 25.8 Å². The molecule has 5 heteroatoms. The standard InChI is InChI=1S/C16H21N3O2/c1-21-16(20)10-12-6-8-19(9-7-12)11-15-17-13-4-2-3-5-14(13)18-15/h2-5,12H,6-11H2,1H3,(H,17,18). The van der Waals surface area contributed by atoms with Crippen molar-refractivity contribution in [1.29, 1.82) is 0 Å². The number of aromatic nitrogens is 2. The second-order valence-electron chi connectivity index (χ2n) is 5.70. The van der Waals surface area contributed by atoms with Gasteiger partial charge in [-0.25, -0.2) is 4.98 Å². The monoisotopic (exact) mass is 287 g/mol. The highest BCUT2D eigenvalue weighted by Crippen LogP contribution is 2.22. The van der Waals surface area contributed by atoms with Crippen LogP contribution >= 0.6 is 0 Å². The molecule has 1 fully saturated rings. The lowest BCUT2D eigenvalue weighted by Crippen LogP contribution is -2.34. The Morgan fingerprint density at radius 3 is 2.86 bits per heavy atom. The molecule has 1 N–H and O–H groups in total. The number of carbonyl (C=O) groups excluding carboxylic acids is 1. The number of methoxy groups -OCH3 is 1. The molecule has 0 aliphatic carbocycles. The number of para-hydroxylation sites is 2. The molecule has 1 saturated heterocycles. The maximum Gasteiger partial charge on any atom is 0.305 e. The molecule has 0 amide bonds. The number of aromatic amines is 1.